The summed E-state index contributed by atoms with van der Waals surface area (Å²) in [6, 6.07) is 5.68. The van der Waals surface area contributed by atoms with Crippen molar-refractivity contribution in [2.75, 3.05) is 63.9 Å². The topological polar surface area (TPSA) is 60.5 Å². The standard InChI is InChI=1S/C21H32N6S/c22-16-18(17-23)21-26(7-1-6-24-12-14-28-15-13-24)10-11-27(21)20-4-8-25(9-5-20)19-2-3-19/h19-20H,1-15H2. The lowest BCUT2D eigenvalue weighted by Gasteiger charge is -2.38. The molecular formula is C21H32N6S. The molecule has 3 heterocycles. The number of rotatable bonds is 6. The number of thioether (sulfide) groups is 1. The number of likely N-dealkylation sites (tertiary alicyclic amines) is 1. The van der Waals surface area contributed by atoms with E-state index in [-0.39, 0.29) is 0 Å². The molecule has 4 aliphatic rings. The van der Waals surface area contributed by atoms with Gasteiger partial charge in [0.2, 0.25) is 0 Å². The maximum Gasteiger partial charge on any atom is 0.169 e. The van der Waals surface area contributed by atoms with Crippen LogP contribution >= 0.6 is 11.8 Å². The van der Waals surface area contributed by atoms with Crippen LogP contribution in [0.5, 0.6) is 0 Å². The van der Waals surface area contributed by atoms with Crippen molar-refractivity contribution in [2.45, 2.75) is 44.2 Å². The number of piperidine rings is 1. The highest BCUT2D eigenvalue weighted by Crippen LogP contribution is 2.33. The van der Waals surface area contributed by atoms with E-state index in [2.05, 4.69) is 31.7 Å². The van der Waals surface area contributed by atoms with E-state index in [0.717, 1.165) is 57.3 Å². The molecule has 3 aliphatic heterocycles. The van der Waals surface area contributed by atoms with Crippen LogP contribution in [-0.4, -0.2) is 95.5 Å². The lowest BCUT2D eigenvalue weighted by atomic mass is 10.0. The summed E-state index contributed by atoms with van der Waals surface area (Å²) in [7, 11) is 0. The second-order valence-corrected chi connectivity index (χ2v) is 9.63. The molecule has 0 aromatic rings. The van der Waals surface area contributed by atoms with Gasteiger partial charge >= 0.3 is 0 Å². The van der Waals surface area contributed by atoms with Gasteiger partial charge in [0.1, 0.15) is 18.0 Å². The van der Waals surface area contributed by atoms with Gasteiger partial charge in [0.05, 0.1) is 0 Å². The Bertz CT molecular complexity index is 631. The van der Waals surface area contributed by atoms with Gasteiger partial charge in [0.15, 0.2) is 5.57 Å². The molecule has 152 valence electrons. The number of hydrogen-bond donors (Lipinski definition) is 0. The van der Waals surface area contributed by atoms with Gasteiger partial charge in [-0.25, -0.2) is 0 Å². The SMILES string of the molecule is N#CC(C#N)=C1N(CCCN2CCSCC2)CCN1C1CCN(C2CC2)CC1. The Hall–Kier alpha value is -1.41. The minimum Gasteiger partial charge on any atom is -0.355 e. The monoisotopic (exact) mass is 400 g/mol. The maximum absolute atomic E-state index is 9.57. The third-order valence-electron chi connectivity index (χ3n) is 6.64. The van der Waals surface area contributed by atoms with Crippen molar-refractivity contribution < 1.29 is 0 Å². The number of nitriles is 2. The fraction of sp³-hybridized carbons (Fsp3) is 0.810. The molecule has 0 bridgehead atoms. The van der Waals surface area contributed by atoms with Crippen molar-refractivity contribution in [1.29, 1.82) is 10.5 Å². The van der Waals surface area contributed by atoms with E-state index in [1.807, 2.05) is 11.8 Å². The van der Waals surface area contributed by atoms with Crippen molar-refractivity contribution in [2.24, 2.45) is 0 Å². The summed E-state index contributed by atoms with van der Waals surface area (Å²) < 4.78 is 0. The molecule has 3 saturated heterocycles. The molecule has 7 heteroatoms. The summed E-state index contributed by atoms with van der Waals surface area (Å²) in [6.45, 7) is 8.70. The summed E-state index contributed by atoms with van der Waals surface area (Å²) in [4.78, 5) is 9.90. The zero-order valence-corrected chi connectivity index (χ0v) is 17.7. The summed E-state index contributed by atoms with van der Waals surface area (Å²) in [5, 5.41) is 19.1. The lowest BCUT2D eigenvalue weighted by molar-refractivity contribution is 0.133. The van der Waals surface area contributed by atoms with Crippen LogP contribution in [0.2, 0.25) is 0 Å². The van der Waals surface area contributed by atoms with Crippen LogP contribution in [0.4, 0.5) is 0 Å². The van der Waals surface area contributed by atoms with Crippen LogP contribution in [-0.2, 0) is 0 Å². The summed E-state index contributed by atoms with van der Waals surface area (Å²) in [5.41, 5.74) is 0.302. The average Bonchev–Trinajstić information content (AvgIpc) is 3.52. The summed E-state index contributed by atoms with van der Waals surface area (Å²) in [5.74, 6) is 3.41. The molecule has 6 nitrogen and oxygen atoms in total. The average molecular weight is 401 g/mol. The Morgan fingerprint density at radius 1 is 0.857 bits per heavy atom. The fourth-order valence-corrected chi connectivity index (χ4v) is 5.91. The third kappa shape index (κ3) is 4.59. The molecular weight excluding hydrogens is 368 g/mol. The molecule has 0 aromatic carbocycles. The second-order valence-electron chi connectivity index (χ2n) is 8.41. The number of nitrogens with zero attached hydrogens (tertiary/aromatic N) is 6. The van der Waals surface area contributed by atoms with Crippen molar-refractivity contribution >= 4 is 11.8 Å². The first-order valence-electron chi connectivity index (χ1n) is 10.9. The van der Waals surface area contributed by atoms with Crippen LogP contribution in [0.15, 0.2) is 11.4 Å². The largest absolute Gasteiger partial charge is 0.355 e. The van der Waals surface area contributed by atoms with Gasteiger partial charge in [-0.2, -0.15) is 22.3 Å². The molecule has 0 aromatic heterocycles. The first-order valence-corrected chi connectivity index (χ1v) is 12.1. The quantitative estimate of drug-likeness (QED) is 0.631. The molecule has 4 fully saturated rings. The Morgan fingerprint density at radius 3 is 2.21 bits per heavy atom. The summed E-state index contributed by atoms with van der Waals surface area (Å²) >= 11 is 2.05. The lowest BCUT2D eigenvalue weighted by Crippen LogP contribution is -2.44. The normalized spacial score (nSPS) is 25.0. The predicted molar refractivity (Wildman–Crippen MR) is 113 cm³/mol. The zero-order valence-electron chi connectivity index (χ0n) is 16.9. The van der Waals surface area contributed by atoms with E-state index in [1.165, 1.54) is 50.5 Å². The molecule has 1 aliphatic carbocycles. The van der Waals surface area contributed by atoms with Crippen LogP contribution in [0.3, 0.4) is 0 Å². The van der Waals surface area contributed by atoms with Crippen molar-refractivity contribution in [3.63, 3.8) is 0 Å². The van der Waals surface area contributed by atoms with Gasteiger partial charge in [-0.05, 0) is 38.6 Å². The number of hydrogen-bond acceptors (Lipinski definition) is 7. The highest BCUT2D eigenvalue weighted by atomic mass is 32.2. The highest BCUT2D eigenvalue weighted by Gasteiger charge is 2.37. The van der Waals surface area contributed by atoms with Gasteiger partial charge in [0.25, 0.3) is 0 Å². The van der Waals surface area contributed by atoms with Crippen LogP contribution in [0.1, 0.15) is 32.1 Å². The van der Waals surface area contributed by atoms with Gasteiger partial charge in [-0.15, -0.1) is 0 Å². The van der Waals surface area contributed by atoms with Crippen molar-refractivity contribution in [3.05, 3.63) is 11.4 Å². The molecule has 4 rings (SSSR count). The first-order chi connectivity index (χ1) is 13.8. The molecule has 0 unspecified atom stereocenters. The smallest absolute Gasteiger partial charge is 0.169 e. The Balaban J connectivity index is 1.36. The predicted octanol–water partition coefficient (Wildman–Crippen LogP) is 1.93. The van der Waals surface area contributed by atoms with Crippen LogP contribution in [0, 0.1) is 22.7 Å². The minimum atomic E-state index is 0.302. The van der Waals surface area contributed by atoms with E-state index in [0.29, 0.717) is 11.6 Å². The number of allylic oxidation sites excluding steroid dienone is 1. The van der Waals surface area contributed by atoms with E-state index in [1.54, 1.807) is 0 Å². The Labute approximate surface area is 173 Å². The van der Waals surface area contributed by atoms with Gasteiger partial charge in [-0.3, -0.25) is 0 Å². The highest BCUT2D eigenvalue weighted by molar-refractivity contribution is 7.99. The van der Waals surface area contributed by atoms with E-state index in [9.17, 15) is 10.5 Å². The molecule has 0 spiro atoms. The zero-order chi connectivity index (χ0) is 19.3. The molecule has 0 N–H and O–H groups in total. The van der Waals surface area contributed by atoms with Crippen molar-refractivity contribution in [3.8, 4) is 12.1 Å². The molecule has 1 saturated carbocycles. The molecule has 28 heavy (non-hydrogen) atoms. The van der Waals surface area contributed by atoms with Gasteiger partial charge < -0.3 is 19.6 Å². The molecule has 0 radical (unpaired) electrons. The van der Waals surface area contributed by atoms with Gasteiger partial charge in [0, 0.05) is 69.4 Å². The first kappa shape index (κ1) is 19.9. The second kappa shape index (κ2) is 9.39. The fourth-order valence-electron chi connectivity index (χ4n) is 4.93. The van der Waals surface area contributed by atoms with Gasteiger partial charge in [-0.1, -0.05) is 0 Å². The molecule has 0 atom stereocenters. The van der Waals surface area contributed by atoms with Crippen LogP contribution < -0.4 is 0 Å². The minimum absolute atomic E-state index is 0.302. The van der Waals surface area contributed by atoms with E-state index < -0.39 is 0 Å². The third-order valence-corrected chi connectivity index (χ3v) is 7.58. The Morgan fingerprint density at radius 2 is 1.57 bits per heavy atom. The van der Waals surface area contributed by atoms with Crippen LogP contribution in [0.25, 0.3) is 0 Å². The Kier molecular flexibility index (Phi) is 6.67. The maximum atomic E-state index is 9.57. The van der Waals surface area contributed by atoms with E-state index in [4.69, 9.17) is 0 Å². The van der Waals surface area contributed by atoms with Crippen molar-refractivity contribution in [1.82, 2.24) is 19.6 Å². The molecule has 0 amide bonds. The summed E-state index contributed by atoms with van der Waals surface area (Å²) in [6.07, 6.45) is 6.16. The van der Waals surface area contributed by atoms with E-state index >= 15 is 0 Å².